The average Bonchev–Trinajstić information content (AvgIpc) is 3.12. The van der Waals surface area contributed by atoms with Crippen LogP contribution in [-0.4, -0.2) is 27.0 Å². The van der Waals surface area contributed by atoms with Crippen LogP contribution in [0.5, 0.6) is 0 Å². The maximum Gasteiger partial charge on any atom is 0.471 e. The highest BCUT2D eigenvalue weighted by Gasteiger charge is 2.38. The van der Waals surface area contributed by atoms with Crippen LogP contribution >= 0.6 is 11.3 Å². The van der Waals surface area contributed by atoms with E-state index in [1.165, 1.54) is 11.3 Å². The smallest absolute Gasteiger partial charge is 0.335 e. The lowest BCUT2D eigenvalue weighted by atomic mass is 10.2. The zero-order valence-corrected chi connectivity index (χ0v) is 14.4. The molecule has 0 aliphatic rings. The Morgan fingerprint density at radius 1 is 1.38 bits per heavy atom. The molecule has 2 rings (SSSR count). The largest absolute Gasteiger partial charge is 0.471 e. The van der Waals surface area contributed by atoms with E-state index >= 15 is 0 Å². The van der Waals surface area contributed by atoms with Gasteiger partial charge in [0.25, 0.3) is 0 Å². The molecular formula is C15H18F3N3O2S. The topological polar surface area (TPSA) is 59.2 Å². The third kappa shape index (κ3) is 4.34. The molecule has 2 heterocycles. The molecule has 132 valence electrons. The molecular weight excluding hydrogens is 343 g/mol. The Labute approximate surface area is 141 Å². The second kappa shape index (κ2) is 7.33. The lowest BCUT2D eigenvalue weighted by Gasteiger charge is -2.26. The van der Waals surface area contributed by atoms with Gasteiger partial charge in [0.1, 0.15) is 0 Å². The van der Waals surface area contributed by atoms with E-state index in [1.54, 1.807) is 17.0 Å². The summed E-state index contributed by atoms with van der Waals surface area (Å²) in [5.41, 5.74) is 0. The second-order valence-corrected chi connectivity index (χ2v) is 6.72. The van der Waals surface area contributed by atoms with E-state index in [-0.39, 0.29) is 17.8 Å². The Bertz CT molecular complexity index is 694. The summed E-state index contributed by atoms with van der Waals surface area (Å²) in [4.78, 5) is 18.6. The first kappa shape index (κ1) is 18.4. The highest BCUT2D eigenvalue weighted by Crippen LogP contribution is 2.32. The van der Waals surface area contributed by atoms with Gasteiger partial charge in [-0.3, -0.25) is 4.79 Å². The van der Waals surface area contributed by atoms with Gasteiger partial charge < -0.3 is 9.42 Å². The van der Waals surface area contributed by atoms with Gasteiger partial charge in [-0.05, 0) is 32.4 Å². The number of aromatic nitrogens is 2. The molecule has 5 nitrogen and oxygen atoms in total. The third-order valence-electron chi connectivity index (χ3n) is 3.28. The molecule has 0 spiro atoms. The second-order valence-electron chi connectivity index (χ2n) is 5.55. The van der Waals surface area contributed by atoms with Crippen LogP contribution in [0.3, 0.4) is 0 Å². The SMILES string of the molecule is CCCC(=O)N(Cc1ccc(-c2noc(C(F)(F)F)n2)s1)C(C)C. The van der Waals surface area contributed by atoms with Crippen LogP contribution in [-0.2, 0) is 17.5 Å². The maximum atomic E-state index is 12.5. The Morgan fingerprint density at radius 3 is 2.62 bits per heavy atom. The van der Waals surface area contributed by atoms with Crippen molar-refractivity contribution in [1.82, 2.24) is 15.0 Å². The van der Waals surface area contributed by atoms with Gasteiger partial charge in [-0.2, -0.15) is 18.2 Å². The van der Waals surface area contributed by atoms with Crippen LogP contribution < -0.4 is 0 Å². The lowest BCUT2D eigenvalue weighted by Crippen LogP contribution is -2.35. The number of carbonyl (C=O) groups excluding carboxylic acids is 1. The molecule has 0 aliphatic heterocycles. The van der Waals surface area contributed by atoms with Crippen molar-refractivity contribution in [3.63, 3.8) is 0 Å². The van der Waals surface area contributed by atoms with Crippen LogP contribution in [0, 0.1) is 0 Å². The van der Waals surface area contributed by atoms with E-state index in [0.29, 0.717) is 17.8 Å². The number of halogens is 3. The minimum Gasteiger partial charge on any atom is -0.335 e. The molecule has 0 radical (unpaired) electrons. The van der Waals surface area contributed by atoms with Gasteiger partial charge in [0.15, 0.2) is 0 Å². The van der Waals surface area contributed by atoms with Crippen LogP contribution in [0.1, 0.15) is 44.4 Å². The predicted molar refractivity (Wildman–Crippen MR) is 83.2 cm³/mol. The first-order chi connectivity index (χ1) is 11.2. The van der Waals surface area contributed by atoms with Gasteiger partial charge in [-0.15, -0.1) is 11.3 Å². The van der Waals surface area contributed by atoms with Gasteiger partial charge in [0.2, 0.25) is 11.7 Å². The number of amides is 1. The lowest BCUT2D eigenvalue weighted by molar-refractivity contribution is -0.159. The van der Waals surface area contributed by atoms with Crippen molar-refractivity contribution < 1.29 is 22.5 Å². The predicted octanol–water partition coefficient (Wildman–Crippen LogP) is 4.35. The molecule has 1 amide bonds. The Kier molecular flexibility index (Phi) is 5.63. The van der Waals surface area contributed by atoms with Crippen molar-refractivity contribution in [2.45, 2.75) is 52.4 Å². The molecule has 24 heavy (non-hydrogen) atoms. The number of hydrogen-bond acceptors (Lipinski definition) is 5. The molecule has 9 heteroatoms. The standard InChI is InChI=1S/C15H18F3N3O2S/c1-4-5-12(22)21(9(2)3)8-10-6-7-11(24-10)13-19-14(23-20-13)15(16,17)18/h6-7,9H,4-5,8H2,1-3H3. The quantitative estimate of drug-likeness (QED) is 0.767. The van der Waals surface area contributed by atoms with E-state index in [2.05, 4.69) is 14.7 Å². The number of alkyl halides is 3. The zero-order chi connectivity index (χ0) is 17.9. The zero-order valence-electron chi connectivity index (χ0n) is 13.6. The molecule has 0 saturated heterocycles. The summed E-state index contributed by atoms with van der Waals surface area (Å²) >= 11 is 1.24. The molecule has 0 fully saturated rings. The van der Waals surface area contributed by atoms with E-state index in [9.17, 15) is 18.0 Å². The van der Waals surface area contributed by atoms with Gasteiger partial charge in [0.05, 0.1) is 11.4 Å². The Morgan fingerprint density at radius 2 is 2.08 bits per heavy atom. The maximum absolute atomic E-state index is 12.5. The van der Waals surface area contributed by atoms with Crippen LogP contribution in [0.2, 0.25) is 0 Å². The monoisotopic (exact) mass is 361 g/mol. The molecule has 0 aromatic carbocycles. The van der Waals surface area contributed by atoms with E-state index in [1.807, 2.05) is 20.8 Å². The molecule has 0 atom stereocenters. The number of carbonyl (C=O) groups is 1. The summed E-state index contributed by atoms with van der Waals surface area (Å²) in [7, 11) is 0. The van der Waals surface area contributed by atoms with Gasteiger partial charge in [-0.25, -0.2) is 0 Å². The van der Waals surface area contributed by atoms with E-state index in [4.69, 9.17) is 0 Å². The van der Waals surface area contributed by atoms with E-state index in [0.717, 1.165) is 11.3 Å². The van der Waals surface area contributed by atoms with E-state index < -0.39 is 12.1 Å². The number of thiophene rings is 1. The van der Waals surface area contributed by atoms with Crippen LogP contribution in [0.4, 0.5) is 13.2 Å². The van der Waals surface area contributed by atoms with Crippen molar-refractivity contribution in [2.75, 3.05) is 0 Å². The molecule has 0 saturated carbocycles. The Balaban J connectivity index is 2.15. The fraction of sp³-hybridized carbons (Fsp3) is 0.533. The first-order valence-corrected chi connectivity index (χ1v) is 8.33. The van der Waals surface area contributed by atoms with Gasteiger partial charge in [0, 0.05) is 17.3 Å². The molecule has 2 aromatic rings. The number of nitrogens with zero attached hydrogens (tertiary/aromatic N) is 3. The number of hydrogen-bond donors (Lipinski definition) is 0. The van der Waals surface area contributed by atoms with Crippen molar-refractivity contribution in [3.8, 4) is 10.7 Å². The normalized spacial score (nSPS) is 12.0. The summed E-state index contributed by atoms with van der Waals surface area (Å²) in [6.07, 6.45) is -3.43. The molecule has 0 aliphatic carbocycles. The molecule has 0 unspecified atom stereocenters. The Hall–Kier alpha value is -1.90. The third-order valence-corrected chi connectivity index (χ3v) is 4.35. The minimum atomic E-state index is -4.66. The first-order valence-electron chi connectivity index (χ1n) is 7.51. The van der Waals surface area contributed by atoms with Crippen molar-refractivity contribution in [1.29, 1.82) is 0 Å². The summed E-state index contributed by atoms with van der Waals surface area (Å²) in [6.45, 7) is 6.20. The fourth-order valence-corrected chi connectivity index (χ4v) is 3.04. The molecule has 0 bridgehead atoms. The molecule has 2 aromatic heterocycles. The van der Waals surface area contributed by atoms with Crippen LogP contribution in [0.15, 0.2) is 16.7 Å². The van der Waals surface area contributed by atoms with Gasteiger partial charge >= 0.3 is 12.1 Å². The average molecular weight is 361 g/mol. The van der Waals surface area contributed by atoms with Crippen molar-refractivity contribution >= 4 is 17.2 Å². The minimum absolute atomic E-state index is 0.0385. The molecule has 0 N–H and O–H groups in total. The van der Waals surface area contributed by atoms with Crippen LogP contribution in [0.25, 0.3) is 10.7 Å². The summed E-state index contributed by atoms with van der Waals surface area (Å²) in [5.74, 6) is -1.41. The fourth-order valence-electron chi connectivity index (χ4n) is 2.11. The number of rotatable bonds is 6. The highest BCUT2D eigenvalue weighted by atomic mass is 32.1. The highest BCUT2D eigenvalue weighted by molar-refractivity contribution is 7.15. The van der Waals surface area contributed by atoms with Gasteiger partial charge in [-0.1, -0.05) is 12.1 Å². The summed E-state index contributed by atoms with van der Waals surface area (Å²) < 4.78 is 41.8. The van der Waals surface area contributed by atoms with Crippen molar-refractivity contribution in [3.05, 3.63) is 22.9 Å². The summed E-state index contributed by atoms with van der Waals surface area (Å²) in [5, 5.41) is 3.37. The summed E-state index contributed by atoms with van der Waals surface area (Å²) in [6, 6.07) is 3.43. The van der Waals surface area contributed by atoms with Crippen molar-refractivity contribution in [2.24, 2.45) is 0 Å².